The fraction of sp³-hybridized carbons (Fsp3) is 0.800. The Morgan fingerprint density at radius 3 is 2.86 bits per heavy atom. The molecule has 2 heteroatoms. The van der Waals surface area contributed by atoms with Gasteiger partial charge in [0.15, 0.2) is 0 Å². The van der Waals surface area contributed by atoms with Crippen molar-refractivity contribution in [1.82, 2.24) is 0 Å². The van der Waals surface area contributed by atoms with Gasteiger partial charge in [0, 0.05) is 11.3 Å². The molecular formula is C20H29O2. The van der Waals surface area contributed by atoms with Gasteiger partial charge in [-0.1, -0.05) is 25.5 Å². The van der Waals surface area contributed by atoms with E-state index in [2.05, 4.69) is 26.3 Å². The van der Waals surface area contributed by atoms with E-state index in [1.165, 1.54) is 37.7 Å². The lowest BCUT2D eigenvalue weighted by atomic mass is 9.46. The summed E-state index contributed by atoms with van der Waals surface area (Å²) in [5.41, 5.74) is 1.83. The molecule has 7 atom stereocenters. The number of rotatable bonds is 1. The third kappa shape index (κ3) is 1.85. The first kappa shape index (κ1) is 14.9. The monoisotopic (exact) mass is 301 g/mol. The van der Waals surface area contributed by atoms with Gasteiger partial charge in [0.1, 0.15) is 6.29 Å². The van der Waals surface area contributed by atoms with Gasteiger partial charge in [0.2, 0.25) is 0 Å². The van der Waals surface area contributed by atoms with Crippen LogP contribution in [0.25, 0.3) is 0 Å². The van der Waals surface area contributed by atoms with Crippen LogP contribution in [0.5, 0.6) is 0 Å². The molecular weight excluding hydrogens is 272 g/mol. The summed E-state index contributed by atoms with van der Waals surface area (Å²) in [5, 5.41) is 10.1. The maximum Gasteiger partial charge on any atom is 0.124 e. The summed E-state index contributed by atoms with van der Waals surface area (Å²) in [6.07, 6.45) is 13.6. The van der Waals surface area contributed by atoms with Crippen molar-refractivity contribution in [1.29, 1.82) is 0 Å². The minimum Gasteiger partial charge on any atom is -0.393 e. The SMILES string of the molecule is C[C@@]12[CH]CC[C@H]1[C@@H]1CC=C3CC(O)CC(C=O)[C@]3(C)[C@@H]1CC2. The number of carbonyl (C=O) groups excluding carboxylic acids is 1. The van der Waals surface area contributed by atoms with Crippen LogP contribution in [0.2, 0.25) is 0 Å². The van der Waals surface area contributed by atoms with Crippen LogP contribution >= 0.6 is 0 Å². The Bertz CT molecular complexity index is 510. The molecule has 0 saturated heterocycles. The highest BCUT2D eigenvalue weighted by Gasteiger charge is 2.58. The number of hydrogen-bond donors (Lipinski definition) is 1. The molecule has 121 valence electrons. The number of carbonyl (C=O) groups is 1. The molecule has 2 unspecified atom stereocenters. The van der Waals surface area contributed by atoms with Crippen molar-refractivity contribution < 1.29 is 9.90 Å². The lowest BCUT2D eigenvalue weighted by Gasteiger charge is -2.58. The van der Waals surface area contributed by atoms with Gasteiger partial charge >= 0.3 is 0 Å². The molecule has 1 N–H and O–H groups in total. The van der Waals surface area contributed by atoms with Crippen LogP contribution < -0.4 is 0 Å². The minimum atomic E-state index is -0.320. The van der Waals surface area contributed by atoms with Crippen molar-refractivity contribution >= 4 is 6.29 Å². The third-order valence-corrected chi connectivity index (χ3v) is 7.98. The fourth-order valence-corrected chi connectivity index (χ4v) is 6.72. The predicted molar refractivity (Wildman–Crippen MR) is 86.9 cm³/mol. The number of hydrogen-bond acceptors (Lipinski definition) is 2. The van der Waals surface area contributed by atoms with E-state index in [1.807, 2.05) is 0 Å². The third-order valence-electron chi connectivity index (χ3n) is 7.98. The first-order valence-electron chi connectivity index (χ1n) is 9.16. The molecule has 0 aromatic heterocycles. The summed E-state index contributed by atoms with van der Waals surface area (Å²) >= 11 is 0. The molecule has 2 nitrogen and oxygen atoms in total. The van der Waals surface area contributed by atoms with Gasteiger partial charge in [0.05, 0.1) is 6.10 Å². The molecule has 0 spiro atoms. The van der Waals surface area contributed by atoms with Gasteiger partial charge in [0.25, 0.3) is 0 Å². The highest BCUT2D eigenvalue weighted by atomic mass is 16.3. The summed E-state index contributed by atoms with van der Waals surface area (Å²) in [7, 11) is 0. The largest absolute Gasteiger partial charge is 0.393 e. The average molecular weight is 301 g/mol. The van der Waals surface area contributed by atoms with E-state index in [-0.39, 0.29) is 17.4 Å². The van der Waals surface area contributed by atoms with Crippen molar-refractivity contribution in [3.8, 4) is 0 Å². The Labute approximate surface area is 134 Å². The number of fused-ring (bicyclic) bond motifs is 5. The van der Waals surface area contributed by atoms with E-state index >= 15 is 0 Å². The Morgan fingerprint density at radius 1 is 1.27 bits per heavy atom. The molecule has 0 aromatic rings. The van der Waals surface area contributed by atoms with Crippen molar-refractivity contribution in [2.45, 2.75) is 64.9 Å². The molecule has 3 fully saturated rings. The van der Waals surface area contributed by atoms with E-state index < -0.39 is 0 Å². The van der Waals surface area contributed by atoms with Gasteiger partial charge in [-0.15, -0.1) is 0 Å². The molecule has 1 radical (unpaired) electrons. The van der Waals surface area contributed by atoms with Crippen LogP contribution in [0.1, 0.15) is 58.8 Å². The minimum absolute atomic E-state index is 0.00467. The number of aliphatic hydroxyl groups is 1. The second-order valence-electron chi connectivity index (χ2n) is 8.79. The Kier molecular flexibility index (Phi) is 3.35. The zero-order chi connectivity index (χ0) is 15.5. The second-order valence-corrected chi connectivity index (χ2v) is 8.79. The molecule has 0 amide bonds. The number of aliphatic hydroxyl groups excluding tert-OH is 1. The van der Waals surface area contributed by atoms with Gasteiger partial charge in [-0.05, 0) is 74.5 Å². The summed E-state index contributed by atoms with van der Waals surface area (Å²) in [5.74, 6) is 2.19. The summed E-state index contributed by atoms with van der Waals surface area (Å²) in [6.45, 7) is 4.80. The van der Waals surface area contributed by atoms with E-state index in [1.54, 1.807) is 0 Å². The van der Waals surface area contributed by atoms with Gasteiger partial charge < -0.3 is 9.90 Å². The smallest absolute Gasteiger partial charge is 0.124 e. The van der Waals surface area contributed by atoms with Gasteiger partial charge in [-0.2, -0.15) is 0 Å². The summed E-state index contributed by atoms with van der Waals surface area (Å²) in [4.78, 5) is 11.8. The molecule has 0 bridgehead atoms. The first-order chi connectivity index (χ1) is 10.5. The zero-order valence-corrected chi connectivity index (χ0v) is 13.9. The predicted octanol–water partition coefficient (Wildman–Crippen LogP) is 3.94. The Hall–Kier alpha value is -0.630. The number of allylic oxidation sites excluding steroid dienone is 1. The lowest BCUT2D eigenvalue weighted by Crippen LogP contribution is -2.53. The van der Waals surface area contributed by atoms with E-state index in [4.69, 9.17) is 0 Å². The maximum atomic E-state index is 11.8. The highest BCUT2D eigenvalue weighted by molar-refractivity contribution is 5.58. The van der Waals surface area contributed by atoms with Crippen molar-refractivity contribution in [2.75, 3.05) is 0 Å². The maximum absolute atomic E-state index is 11.8. The molecule has 22 heavy (non-hydrogen) atoms. The molecule has 4 aliphatic carbocycles. The lowest BCUT2D eigenvalue weighted by molar-refractivity contribution is -0.122. The van der Waals surface area contributed by atoms with Crippen LogP contribution in [0.4, 0.5) is 0 Å². The first-order valence-corrected chi connectivity index (χ1v) is 9.16. The second kappa shape index (κ2) is 4.93. The van der Waals surface area contributed by atoms with Crippen molar-refractivity contribution in [2.24, 2.45) is 34.5 Å². The van der Waals surface area contributed by atoms with E-state index in [0.29, 0.717) is 17.8 Å². The van der Waals surface area contributed by atoms with Crippen molar-refractivity contribution in [3.63, 3.8) is 0 Å². The van der Waals surface area contributed by atoms with E-state index in [0.717, 1.165) is 24.5 Å². The van der Waals surface area contributed by atoms with Gasteiger partial charge in [-0.3, -0.25) is 0 Å². The Balaban J connectivity index is 1.73. The highest BCUT2D eigenvalue weighted by Crippen LogP contribution is 2.65. The van der Waals surface area contributed by atoms with E-state index in [9.17, 15) is 9.90 Å². The standard InChI is InChI=1S/C20H29O2/c1-19-8-3-4-17(19)16-6-5-13-10-15(22)11-14(12-21)20(13,2)18(16)7-9-19/h5,8,12,14-18,22H,3-4,6-7,9-11H2,1-2H3/t14?,15?,16-,17-,18+,19-,20+/m0/s1. The normalized spacial score (nSPS) is 54.0. The molecule has 3 saturated carbocycles. The molecule has 4 rings (SSSR count). The summed E-state index contributed by atoms with van der Waals surface area (Å²) < 4.78 is 0. The van der Waals surface area contributed by atoms with Crippen LogP contribution in [0, 0.1) is 40.9 Å². The van der Waals surface area contributed by atoms with Crippen LogP contribution in [-0.2, 0) is 4.79 Å². The van der Waals surface area contributed by atoms with Gasteiger partial charge in [-0.25, -0.2) is 0 Å². The fourth-order valence-electron chi connectivity index (χ4n) is 6.72. The molecule has 0 heterocycles. The quantitative estimate of drug-likeness (QED) is 0.588. The zero-order valence-electron chi connectivity index (χ0n) is 13.9. The van der Waals surface area contributed by atoms with Crippen LogP contribution in [0.3, 0.4) is 0 Å². The molecule has 0 aromatic carbocycles. The van der Waals surface area contributed by atoms with Crippen molar-refractivity contribution in [3.05, 3.63) is 18.1 Å². The van der Waals surface area contributed by atoms with Crippen LogP contribution in [-0.4, -0.2) is 17.5 Å². The number of aldehydes is 1. The molecule has 4 aliphatic rings. The van der Waals surface area contributed by atoms with Crippen LogP contribution in [0.15, 0.2) is 11.6 Å². The Morgan fingerprint density at radius 2 is 2.09 bits per heavy atom. The average Bonchev–Trinajstić information content (AvgIpc) is 2.89. The molecule has 0 aliphatic heterocycles. The summed E-state index contributed by atoms with van der Waals surface area (Å²) in [6, 6.07) is 0. The topological polar surface area (TPSA) is 37.3 Å².